The average molecular weight is 368 g/mol. The third-order valence-corrected chi connectivity index (χ3v) is 4.26. The number of benzene rings is 2. The summed E-state index contributed by atoms with van der Waals surface area (Å²) in [6, 6.07) is 11.8. The van der Waals surface area contributed by atoms with Gasteiger partial charge >= 0.3 is 6.36 Å². The van der Waals surface area contributed by atoms with Crippen LogP contribution in [0, 0.1) is 5.82 Å². The molecule has 8 heteroatoms. The van der Waals surface area contributed by atoms with E-state index in [1.54, 1.807) is 24.4 Å². The minimum Gasteiger partial charge on any atom is -0.406 e. The average Bonchev–Trinajstić information content (AvgIpc) is 3.02. The minimum atomic E-state index is -4.71. The number of para-hydroxylation sites is 1. The molecule has 0 saturated carbocycles. The Bertz CT molecular complexity index is 846. The molecule has 0 bridgehead atoms. The van der Waals surface area contributed by atoms with E-state index in [9.17, 15) is 17.6 Å². The van der Waals surface area contributed by atoms with Crippen molar-refractivity contribution in [3.8, 4) is 16.3 Å². The molecule has 0 unspecified atom stereocenters. The predicted molar refractivity (Wildman–Crippen MR) is 88.0 cm³/mol. The lowest BCUT2D eigenvalue weighted by molar-refractivity contribution is -0.274. The Labute approximate surface area is 144 Å². The number of halogens is 4. The molecule has 0 fully saturated rings. The zero-order chi connectivity index (χ0) is 17.9. The Morgan fingerprint density at radius 2 is 1.76 bits per heavy atom. The summed E-state index contributed by atoms with van der Waals surface area (Å²) in [5, 5.41) is 3.64. The fourth-order valence-corrected chi connectivity index (χ4v) is 2.97. The Balaban J connectivity index is 1.66. The lowest BCUT2D eigenvalue weighted by Crippen LogP contribution is -2.16. The van der Waals surface area contributed by atoms with Crippen molar-refractivity contribution in [2.45, 2.75) is 12.9 Å². The molecule has 1 heterocycles. The number of nitrogens with one attached hydrogen (secondary N) is 1. The third-order valence-electron chi connectivity index (χ3n) is 3.22. The van der Waals surface area contributed by atoms with Crippen LogP contribution in [-0.2, 0) is 6.54 Å². The van der Waals surface area contributed by atoms with Gasteiger partial charge in [-0.15, -0.1) is 24.5 Å². The quantitative estimate of drug-likeness (QED) is 0.607. The summed E-state index contributed by atoms with van der Waals surface area (Å²) in [6.07, 6.45) is -3.07. The molecule has 1 N–H and O–H groups in total. The van der Waals surface area contributed by atoms with Crippen molar-refractivity contribution in [2.24, 2.45) is 0 Å². The molecule has 130 valence electrons. The van der Waals surface area contributed by atoms with Gasteiger partial charge in [-0.3, -0.25) is 0 Å². The van der Waals surface area contributed by atoms with Gasteiger partial charge in [-0.2, -0.15) is 0 Å². The number of hydrogen-bond acceptors (Lipinski definition) is 4. The van der Waals surface area contributed by atoms with Crippen molar-refractivity contribution < 1.29 is 22.3 Å². The highest BCUT2D eigenvalue weighted by Crippen LogP contribution is 2.29. The van der Waals surface area contributed by atoms with Gasteiger partial charge in [0.2, 0.25) is 0 Å². The Hall–Kier alpha value is -2.61. The van der Waals surface area contributed by atoms with Crippen LogP contribution >= 0.6 is 11.3 Å². The molecule has 0 aliphatic carbocycles. The van der Waals surface area contributed by atoms with Crippen LogP contribution in [0.2, 0.25) is 0 Å². The van der Waals surface area contributed by atoms with Crippen molar-refractivity contribution in [3.05, 3.63) is 65.4 Å². The second-order valence-electron chi connectivity index (χ2n) is 5.04. The van der Waals surface area contributed by atoms with Crippen LogP contribution in [-0.4, -0.2) is 11.3 Å². The molecule has 0 radical (unpaired) electrons. The first-order valence-electron chi connectivity index (χ1n) is 7.20. The topological polar surface area (TPSA) is 34.2 Å². The number of anilines is 1. The number of alkyl halides is 3. The van der Waals surface area contributed by atoms with Crippen molar-refractivity contribution >= 4 is 17.0 Å². The van der Waals surface area contributed by atoms with Crippen molar-refractivity contribution in [1.82, 2.24) is 4.98 Å². The maximum absolute atomic E-state index is 13.6. The third kappa shape index (κ3) is 4.69. The molecule has 0 amide bonds. The lowest BCUT2D eigenvalue weighted by atomic mass is 10.2. The molecule has 3 nitrogen and oxygen atoms in total. The SMILES string of the molecule is Fc1ccccc1NCc1cnc(-c2ccc(OC(F)(F)F)cc2)s1. The molecule has 3 aromatic rings. The number of hydrogen-bond donors (Lipinski definition) is 1. The maximum atomic E-state index is 13.6. The van der Waals surface area contributed by atoms with E-state index >= 15 is 0 Å². The summed E-state index contributed by atoms with van der Waals surface area (Å²) in [5.41, 5.74) is 1.07. The molecule has 3 rings (SSSR count). The lowest BCUT2D eigenvalue weighted by Gasteiger charge is -2.08. The number of rotatable bonds is 5. The molecule has 1 aromatic heterocycles. The van der Waals surface area contributed by atoms with Crippen LogP contribution < -0.4 is 10.1 Å². The monoisotopic (exact) mass is 368 g/mol. The predicted octanol–water partition coefficient (Wildman–Crippen LogP) is 5.46. The normalized spacial score (nSPS) is 11.4. The van der Waals surface area contributed by atoms with Crippen LogP contribution in [0.25, 0.3) is 10.6 Å². The van der Waals surface area contributed by atoms with Gasteiger partial charge in [0.15, 0.2) is 0 Å². The van der Waals surface area contributed by atoms with Crippen LogP contribution in [0.5, 0.6) is 5.75 Å². The van der Waals surface area contributed by atoms with Gasteiger partial charge in [-0.25, -0.2) is 9.37 Å². The van der Waals surface area contributed by atoms with Crippen LogP contribution in [0.15, 0.2) is 54.7 Å². The van der Waals surface area contributed by atoms with E-state index in [2.05, 4.69) is 15.0 Å². The van der Waals surface area contributed by atoms with Gasteiger partial charge in [-0.1, -0.05) is 12.1 Å². The molecule has 0 aliphatic rings. The minimum absolute atomic E-state index is 0.283. The van der Waals surface area contributed by atoms with Gasteiger partial charge in [0, 0.05) is 16.6 Å². The second-order valence-corrected chi connectivity index (χ2v) is 6.15. The number of nitrogens with zero attached hydrogens (tertiary/aromatic N) is 1. The van der Waals surface area contributed by atoms with Crippen molar-refractivity contribution in [3.63, 3.8) is 0 Å². The van der Waals surface area contributed by atoms with Gasteiger partial charge in [-0.05, 0) is 36.4 Å². The van der Waals surface area contributed by atoms with Gasteiger partial charge in [0.05, 0.1) is 12.2 Å². The molecular weight excluding hydrogens is 356 g/mol. The van der Waals surface area contributed by atoms with E-state index in [0.29, 0.717) is 22.8 Å². The largest absolute Gasteiger partial charge is 0.573 e. The Morgan fingerprint density at radius 3 is 2.44 bits per heavy atom. The fraction of sp³-hybridized carbons (Fsp3) is 0.118. The molecular formula is C17H12F4N2OS. The second kappa shape index (κ2) is 7.10. The first-order valence-corrected chi connectivity index (χ1v) is 8.02. The molecule has 25 heavy (non-hydrogen) atoms. The molecule has 0 aliphatic heterocycles. The van der Waals surface area contributed by atoms with Gasteiger partial charge < -0.3 is 10.1 Å². The maximum Gasteiger partial charge on any atom is 0.573 e. The summed E-state index contributed by atoms with van der Waals surface area (Å²) in [5.74, 6) is -0.623. The van der Waals surface area contributed by atoms with Crippen LogP contribution in [0.3, 0.4) is 0 Å². The van der Waals surface area contributed by atoms with Gasteiger partial charge in [0.1, 0.15) is 16.6 Å². The summed E-state index contributed by atoms with van der Waals surface area (Å²) < 4.78 is 53.9. The number of thiazole rings is 1. The highest BCUT2D eigenvalue weighted by Gasteiger charge is 2.30. The standard InChI is InChI=1S/C17H12F4N2OS/c18-14-3-1-2-4-15(14)22-9-13-10-23-16(25-13)11-5-7-12(8-6-11)24-17(19,20)21/h1-8,10,22H,9H2. The van der Waals surface area contributed by atoms with E-state index in [0.717, 1.165) is 4.88 Å². The summed E-state index contributed by atoms with van der Waals surface area (Å²) in [4.78, 5) is 5.12. The summed E-state index contributed by atoms with van der Waals surface area (Å²) >= 11 is 1.37. The smallest absolute Gasteiger partial charge is 0.406 e. The van der Waals surface area contributed by atoms with Crippen molar-refractivity contribution in [2.75, 3.05) is 5.32 Å². The summed E-state index contributed by atoms with van der Waals surface area (Å²) in [7, 11) is 0. The first-order chi connectivity index (χ1) is 11.9. The zero-order valence-electron chi connectivity index (χ0n) is 12.7. The highest BCUT2D eigenvalue weighted by molar-refractivity contribution is 7.15. The number of aromatic nitrogens is 1. The summed E-state index contributed by atoms with van der Waals surface area (Å²) in [6.45, 7) is 0.397. The van der Waals surface area contributed by atoms with Gasteiger partial charge in [0.25, 0.3) is 0 Å². The fourth-order valence-electron chi connectivity index (χ4n) is 2.11. The van der Waals surface area contributed by atoms with Crippen LogP contribution in [0.1, 0.15) is 4.88 Å². The Kier molecular flexibility index (Phi) is 4.89. The van der Waals surface area contributed by atoms with E-state index in [1.807, 2.05) is 0 Å². The first kappa shape index (κ1) is 17.2. The highest BCUT2D eigenvalue weighted by atomic mass is 32.1. The van der Waals surface area contributed by atoms with E-state index in [1.165, 1.54) is 41.7 Å². The molecule has 0 saturated heterocycles. The van der Waals surface area contributed by atoms with E-state index in [4.69, 9.17) is 0 Å². The van der Waals surface area contributed by atoms with E-state index in [-0.39, 0.29) is 11.6 Å². The van der Waals surface area contributed by atoms with E-state index < -0.39 is 6.36 Å². The molecule has 0 spiro atoms. The van der Waals surface area contributed by atoms with Crippen LogP contribution in [0.4, 0.5) is 23.2 Å². The zero-order valence-corrected chi connectivity index (χ0v) is 13.5. The molecule has 2 aromatic carbocycles. The van der Waals surface area contributed by atoms with Crippen molar-refractivity contribution in [1.29, 1.82) is 0 Å². The molecule has 0 atom stereocenters. The number of ether oxygens (including phenoxy) is 1. The Morgan fingerprint density at radius 1 is 1.04 bits per heavy atom.